The van der Waals surface area contributed by atoms with Gasteiger partial charge in [-0.1, -0.05) is 23.5 Å². The molecular weight excluding hydrogens is 444 g/mol. The Balaban J connectivity index is 1.85. The summed E-state index contributed by atoms with van der Waals surface area (Å²) in [6.07, 6.45) is -0.119. The number of aromatic nitrogens is 3. The zero-order chi connectivity index (χ0) is 23.5. The van der Waals surface area contributed by atoms with Crippen molar-refractivity contribution in [2.75, 3.05) is 21.3 Å². The molecule has 4 aromatic rings. The maximum absolute atomic E-state index is 13.4. The molecule has 170 valence electrons. The molecule has 0 aliphatic rings. The van der Waals surface area contributed by atoms with E-state index in [4.69, 9.17) is 14.2 Å². The maximum Gasteiger partial charge on any atom is 0.311 e. The van der Waals surface area contributed by atoms with E-state index in [0.717, 1.165) is 10.2 Å². The fraction of sp³-hybridized carbons (Fsp3) is 0.217. The Hall–Kier alpha value is -3.92. The van der Waals surface area contributed by atoms with Gasteiger partial charge in [0.2, 0.25) is 5.13 Å². The summed E-state index contributed by atoms with van der Waals surface area (Å²) in [6.45, 7) is 1.71. The summed E-state index contributed by atoms with van der Waals surface area (Å²) < 4.78 is 17.7. The predicted octanol–water partition coefficient (Wildman–Crippen LogP) is 3.65. The second-order valence-electron chi connectivity index (χ2n) is 7.06. The smallest absolute Gasteiger partial charge is 0.311 e. The highest BCUT2D eigenvalue weighted by Gasteiger charge is 2.22. The molecule has 0 atom stereocenters. The summed E-state index contributed by atoms with van der Waals surface area (Å²) in [7, 11) is 4.39. The number of hydrogen-bond donors (Lipinski definition) is 1. The average Bonchev–Trinajstić information content (AvgIpc) is 3.39. The molecular formula is C23H22N4O5S. The largest absolute Gasteiger partial charge is 0.497 e. The van der Waals surface area contributed by atoms with E-state index in [9.17, 15) is 9.59 Å². The van der Waals surface area contributed by atoms with Crippen molar-refractivity contribution < 1.29 is 19.0 Å². The minimum atomic E-state index is -0.483. The van der Waals surface area contributed by atoms with Crippen LogP contribution < -0.4 is 15.0 Å². The topological polar surface area (TPSA) is 108 Å². The number of carbonyl (C=O) groups is 1. The van der Waals surface area contributed by atoms with Crippen LogP contribution in [0.5, 0.6) is 11.5 Å². The highest BCUT2D eigenvalue weighted by molar-refractivity contribution is 7.20. The second kappa shape index (κ2) is 9.29. The minimum Gasteiger partial charge on any atom is -0.497 e. The fourth-order valence-electron chi connectivity index (χ4n) is 3.40. The van der Waals surface area contributed by atoms with E-state index >= 15 is 0 Å². The highest BCUT2D eigenvalue weighted by Crippen LogP contribution is 2.32. The van der Waals surface area contributed by atoms with Crippen LogP contribution in [0.4, 0.5) is 5.69 Å². The van der Waals surface area contributed by atoms with Crippen molar-refractivity contribution in [1.82, 2.24) is 14.8 Å². The van der Waals surface area contributed by atoms with Gasteiger partial charge in [-0.2, -0.15) is 4.68 Å². The molecule has 0 fully saturated rings. The van der Waals surface area contributed by atoms with Gasteiger partial charge in [0.1, 0.15) is 17.2 Å². The Labute approximate surface area is 193 Å². The number of ether oxygens (including phenoxy) is 3. The van der Waals surface area contributed by atoms with E-state index in [-0.39, 0.29) is 17.5 Å². The number of methoxy groups -OCH3 is 3. The molecule has 2 aromatic carbocycles. The Morgan fingerprint density at radius 3 is 2.64 bits per heavy atom. The predicted molar refractivity (Wildman–Crippen MR) is 127 cm³/mol. The van der Waals surface area contributed by atoms with E-state index in [1.165, 1.54) is 30.2 Å². The van der Waals surface area contributed by atoms with Gasteiger partial charge in [-0.05, 0) is 31.2 Å². The number of esters is 1. The van der Waals surface area contributed by atoms with Crippen molar-refractivity contribution >= 4 is 38.9 Å². The van der Waals surface area contributed by atoms with Crippen LogP contribution in [0.25, 0.3) is 15.3 Å². The summed E-state index contributed by atoms with van der Waals surface area (Å²) in [4.78, 5) is 34.6. The number of benzene rings is 2. The lowest BCUT2D eigenvalue weighted by molar-refractivity contribution is -0.139. The van der Waals surface area contributed by atoms with Gasteiger partial charge in [0.15, 0.2) is 0 Å². The van der Waals surface area contributed by atoms with Crippen molar-refractivity contribution in [3.8, 4) is 16.6 Å². The normalized spacial score (nSPS) is 11.6. The quantitative estimate of drug-likeness (QED) is 0.329. The summed E-state index contributed by atoms with van der Waals surface area (Å²) in [5, 5.41) is 3.49. The van der Waals surface area contributed by atoms with Gasteiger partial charge in [0.05, 0.1) is 54.9 Å². The minimum absolute atomic E-state index is 0.119. The molecule has 0 unspecified atom stereocenters. The molecule has 2 aromatic heterocycles. The lowest BCUT2D eigenvalue weighted by Gasteiger charge is -2.08. The van der Waals surface area contributed by atoms with E-state index in [1.807, 2.05) is 24.3 Å². The first-order chi connectivity index (χ1) is 15.9. The third kappa shape index (κ3) is 4.37. The molecule has 0 saturated heterocycles. The maximum atomic E-state index is 13.4. The highest BCUT2D eigenvalue weighted by atomic mass is 32.1. The monoisotopic (exact) mass is 466 g/mol. The van der Waals surface area contributed by atoms with E-state index < -0.39 is 5.97 Å². The molecule has 33 heavy (non-hydrogen) atoms. The first-order valence-electron chi connectivity index (χ1n) is 9.99. The molecule has 0 radical (unpaired) electrons. The van der Waals surface area contributed by atoms with Gasteiger partial charge < -0.3 is 14.2 Å². The molecule has 4 rings (SSSR count). The number of nitrogens with one attached hydrogen (secondary N) is 1. The number of para-hydroxylation sites is 1. The SMILES string of the molecule is COC(=O)Cc1[nH]n(-c2nc3ccccc3s2)c(=O)c1C(C)=Nc1ccc(OC)cc1OC. The van der Waals surface area contributed by atoms with Crippen molar-refractivity contribution in [2.45, 2.75) is 13.3 Å². The first-order valence-corrected chi connectivity index (χ1v) is 10.8. The van der Waals surface area contributed by atoms with Crippen LogP contribution in [0.2, 0.25) is 0 Å². The van der Waals surface area contributed by atoms with Crippen LogP contribution in [0.1, 0.15) is 18.2 Å². The van der Waals surface area contributed by atoms with Crippen molar-refractivity contribution in [2.24, 2.45) is 4.99 Å². The summed E-state index contributed by atoms with van der Waals surface area (Å²) in [5.74, 6) is 0.628. The van der Waals surface area contributed by atoms with Crippen molar-refractivity contribution in [3.05, 3.63) is 64.1 Å². The number of aromatic amines is 1. The number of thiazole rings is 1. The Morgan fingerprint density at radius 1 is 1.15 bits per heavy atom. The number of carbonyl (C=O) groups excluding carboxylic acids is 1. The summed E-state index contributed by atoms with van der Waals surface area (Å²) >= 11 is 1.37. The number of nitrogens with zero attached hydrogens (tertiary/aromatic N) is 3. The fourth-order valence-corrected chi connectivity index (χ4v) is 4.33. The van der Waals surface area contributed by atoms with Gasteiger partial charge in [0, 0.05) is 6.07 Å². The molecule has 9 nitrogen and oxygen atoms in total. The summed E-state index contributed by atoms with van der Waals surface area (Å²) in [6, 6.07) is 12.8. The molecule has 0 saturated carbocycles. The number of rotatable bonds is 7. The lowest BCUT2D eigenvalue weighted by Crippen LogP contribution is -2.20. The van der Waals surface area contributed by atoms with Crippen molar-refractivity contribution in [1.29, 1.82) is 0 Å². The Kier molecular flexibility index (Phi) is 6.27. The molecule has 2 heterocycles. The molecule has 0 aliphatic heterocycles. The number of aliphatic imine (C=N–C) groups is 1. The van der Waals surface area contributed by atoms with Gasteiger partial charge in [-0.25, -0.2) is 9.98 Å². The third-order valence-electron chi connectivity index (χ3n) is 5.03. The number of hydrogen-bond acceptors (Lipinski definition) is 8. The summed E-state index contributed by atoms with van der Waals surface area (Å²) in [5.41, 5.74) is 2.02. The van der Waals surface area contributed by atoms with Gasteiger partial charge in [0.25, 0.3) is 5.56 Å². The van der Waals surface area contributed by atoms with Gasteiger partial charge >= 0.3 is 5.97 Å². The van der Waals surface area contributed by atoms with E-state index in [2.05, 4.69) is 15.1 Å². The molecule has 10 heteroatoms. The van der Waals surface area contributed by atoms with Crippen LogP contribution in [-0.4, -0.2) is 47.8 Å². The molecule has 0 spiro atoms. The number of H-pyrrole nitrogens is 1. The molecule has 0 aliphatic carbocycles. The Bertz CT molecular complexity index is 1380. The van der Waals surface area contributed by atoms with Crippen LogP contribution in [-0.2, 0) is 16.0 Å². The third-order valence-corrected chi connectivity index (χ3v) is 6.05. The van der Waals surface area contributed by atoms with Crippen LogP contribution >= 0.6 is 11.3 Å². The zero-order valence-electron chi connectivity index (χ0n) is 18.5. The van der Waals surface area contributed by atoms with E-state index in [0.29, 0.717) is 33.7 Å². The van der Waals surface area contributed by atoms with Crippen molar-refractivity contribution in [3.63, 3.8) is 0 Å². The van der Waals surface area contributed by atoms with Gasteiger partial charge in [-0.3, -0.25) is 14.7 Å². The molecule has 1 N–H and O–H groups in total. The molecule has 0 amide bonds. The van der Waals surface area contributed by atoms with Crippen LogP contribution in [0, 0.1) is 0 Å². The average molecular weight is 467 g/mol. The lowest BCUT2D eigenvalue weighted by atomic mass is 10.1. The molecule has 0 bridgehead atoms. The van der Waals surface area contributed by atoms with Gasteiger partial charge in [-0.15, -0.1) is 0 Å². The zero-order valence-corrected chi connectivity index (χ0v) is 19.4. The standard InChI is InChI=1S/C23H22N4O5S/c1-13(24-15-10-9-14(30-2)11-18(15)31-3)21-17(12-20(28)32-4)26-27(22(21)29)23-25-16-7-5-6-8-19(16)33-23/h5-11,26H,12H2,1-4H3. The number of fused-ring (bicyclic) bond motifs is 1. The Morgan fingerprint density at radius 2 is 1.94 bits per heavy atom. The second-order valence-corrected chi connectivity index (χ2v) is 8.07. The first kappa shape index (κ1) is 22.3. The van der Waals surface area contributed by atoms with E-state index in [1.54, 1.807) is 32.2 Å². The van der Waals surface area contributed by atoms with Crippen LogP contribution in [0.3, 0.4) is 0 Å². The van der Waals surface area contributed by atoms with Crippen LogP contribution in [0.15, 0.2) is 52.3 Å².